The lowest BCUT2D eigenvalue weighted by Gasteiger charge is -2.05. The lowest BCUT2D eigenvalue weighted by molar-refractivity contribution is 0.0951. The fourth-order valence-electron chi connectivity index (χ4n) is 1.90. The molecule has 0 radical (unpaired) electrons. The highest BCUT2D eigenvalue weighted by molar-refractivity contribution is 6.17. The van der Waals surface area contributed by atoms with E-state index in [4.69, 9.17) is 11.6 Å². The maximum atomic E-state index is 12.0. The molecule has 1 amide bonds. The summed E-state index contributed by atoms with van der Waals surface area (Å²) < 4.78 is 1.74. The van der Waals surface area contributed by atoms with Crippen LogP contribution in [0.25, 0.3) is 0 Å². The average molecular weight is 278 g/mol. The molecule has 1 aromatic carbocycles. The number of benzene rings is 1. The maximum Gasteiger partial charge on any atom is 0.251 e. The summed E-state index contributed by atoms with van der Waals surface area (Å²) in [6.07, 6.45) is 1.91. The van der Waals surface area contributed by atoms with Gasteiger partial charge in [0.05, 0.1) is 5.69 Å². The zero-order valence-corrected chi connectivity index (χ0v) is 11.7. The van der Waals surface area contributed by atoms with E-state index in [1.165, 1.54) is 0 Å². The van der Waals surface area contributed by atoms with Gasteiger partial charge >= 0.3 is 0 Å². The van der Waals surface area contributed by atoms with Crippen molar-refractivity contribution < 1.29 is 4.79 Å². The minimum atomic E-state index is -0.102. The summed E-state index contributed by atoms with van der Waals surface area (Å²) in [7, 11) is 1.86. The summed E-state index contributed by atoms with van der Waals surface area (Å²) in [6, 6.07) is 7.32. The molecule has 0 unspecified atom stereocenters. The highest BCUT2D eigenvalue weighted by Gasteiger charge is 2.08. The molecule has 5 heteroatoms. The van der Waals surface area contributed by atoms with E-state index in [0.29, 0.717) is 18.0 Å². The molecule has 100 valence electrons. The second-order valence-electron chi connectivity index (χ2n) is 4.43. The number of aromatic nitrogens is 2. The number of nitrogens with zero attached hydrogens (tertiary/aromatic N) is 2. The van der Waals surface area contributed by atoms with E-state index < -0.39 is 0 Å². The fraction of sp³-hybridized carbons (Fsp3) is 0.286. The molecule has 0 bridgehead atoms. The van der Waals surface area contributed by atoms with Crippen LogP contribution in [0, 0.1) is 6.92 Å². The molecule has 0 aliphatic rings. The molecule has 0 spiro atoms. The molecule has 0 saturated heterocycles. The van der Waals surface area contributed by atoms with Gasteiger partial charge < -0.3 is 5.32 Å². The van der Waals surface area contributed by atoms with Crippen molar-refractivity contribution in [3.63, 3.8) is 0 Å². The number of hydrogen-bond donors (Lipinski definition) is 1. The normalized spacial score (nSPS) is 10.5. The Hall–Kier alpha value is -1.81. The maximum absolute atomic E-state index is 12.0. The van der Waals surface area contributed by atoms with Crippen LogP contribution >= 0.6 is 11.6 Å². The monoisotopic (exact) mass is 277 g/mol. The van der Waals surface area contributed by atoms with Gasteiger partial charge in [0.15, 0.2) is 0 Å². The molecule has 1 N–H and O–H groups in total. The van der Waals surface area contributed by atoms with Crippen molar-refractivity contribution in [3.8, 4) is 0 Å². The van der Waals surface area contributed by atoms with Gasteiger partial charge in [0.1, 0.15) is 0 Å². The zero-order chi connectivity index (χ0) is 13.8. The first kappa shape index (κ1) is 13.6. The van der Waals surface area contributed by atoms with Gasteiger partial charge in [-0.1, -0.05) is 12.1 Å². The summed E-state index contributed by atoms with van der Waals surface area (Å²) in [5.74, 6) is 0.304. The van der Waals surface area contributed by atoms with Crippen molar-refractivity contribution in [2.75, 3.05) is 0 Å². The number of carbonyl (C=O) groups is 1. The van der Waals surface area contributed by atoms with E-state index in [0.717, 1.165) is 16.8 Å². The van der Waals surface area contributed by atoms with Crippen molar-refractivity contribution in [1.82, 2.24) is 15.1 Å². The molecular formula is C14H16ClN3O. The van der Waals surface area contributed by atoms with E-state index >= 15 is 0 Å². The number of carbonyl (C=O) groups excluding carboxylic acids is 1. The third kappa shape index (κ3) is 3.35. The van der Waals surface area contributed by atoms with Crippen LogP contribution < -0.4 is 5.32 Å². The minimum absolute atomic E-state index is 0.102. The average Bonchev–Trinajstić information content (AvgIpc) is 2.74. The Morgan fingerprint density at radius 3 is 2.89 bits per heavy atom. The number of aryl methyl sites for hydroxylation is 2. The number of rotatable bonds is 4. The lowest BCUT2D eigenvalue weighted by Crippen LogP contribution is -2.23. The molecule has 0 fully saturated rings. The third-order valence-electron chi connectivity index (χ3n) is 2.90. The topological polar surface area (TPSA) is 46.9 Å². The first-order chi connectivity index (χ1) is 9.10. The molecule has 2 rings (SSSR count). The highest BCUT2D eigenvalue weighted by atomic mass is 35.5. The molecule has 0 atom stereocenters. The number of alkyl halides is 1. The molecule has 0 aliphatic carbocycles. The van der Waals surface area contributed by atoms with Crippen LogP contribution in [0.4, 0.5) is 0 Å². The molecule has 2 aromatic rings. The molecule has 1 aromatic heterocycles. The van der Waals surface area contributed by atoms with Crippen LogP contribution in [-0.4, -0.2) is 15.7 Å². The second-order valence-corrected chi connectivity index (χ2v) is 4.70. The Kier molecular flexibility index (Phi) is 4.22. The Morgan fingerprint density at radius 2 is 2.26 bits per heavy atom. The van der Waals surface area contributed by atoms with Crippen LogP contribution in [0.15, 0.2) is 30.5 Å². The highest BCUT2D eigenvalue weighted by Crippen LogP contribution is 2.09. The van der Waals surface area contributed by atoms with Gasteiger partial charge in [0.25, 0.3) is 5.91 Å². The first-order valence-corrected chi connectivity index (χ1v) is 6.56. The molecule has 4 nitrogen and oxygen atoms in total. The largest absolute Gasteiger partial charge is 0.348 e. The van der Waals surface area contributed by atoms with Crippen molar-refractivity contribution in [2.24, 2.45) is 7.05 Å². The van der Waals surface area contributed by atoms with Gasteiger partial charge in [-0.25, -0.2) is 0 Å². The molecule has 1 heterocycles. The summed E-state index contributed by atoms with van der Waals surface area (Å²) in [4.78, 5) is 12.0. The molecule has 0 aliphatic heterocycles. The van der Waals surface area contributed by atoms with Crippen LogP contribution in [0.3, 0.4) is 0 Å². The van der Waals surface area contributed by atoms with E-state index in [2.05, 4.69) is 10.4 Å². The molecule has 0 saturated carbocycles. The van der Waals surface area contributed by atoms with Crippen molar-refractivity contribution >= 4 is 17.5 Å². The van der Waals surface area contributed by atoms with E-state index in [1.54, 1.807) is 16.8 Å². The summed E-state index contributed by atoms with van der Waals surface area (Å²) in [5, 5.41) is 7.12. The first-order valence-electron chi connectivity index (χ1n) is 6.02. The number of hydrogen-bond acceptors (Lipinski definition) is 2. The Balaban J connectivity index is 2.03. The van der Waals surface area contributed by atoms with Gasteiger partial charge in [-0.05, 0) is 24.6 Å². The fourth-order valence-corrected chi connectivity index (χ4v) is 2.06. The van der Waals surface area contributed by atoms with Gasteiger partial charge in [0, 0.05) is 36.8 Å². The summed E-state index contributed by atoms with van der Waals surface area (Å²) in [5.41, 5.74) is 3.51. The predicted molar refractivity (Wildman–Crippen MR) is 75.1 cm³/mol. The third-order valence-corrected chi connectivity index (χ3v) is 3.21. The molecule has 19 heavy (non-hydrogen) atoms. The van der Waals surface area contributed by atoms with Crippen LogP contribution in [0.1, 0.15) is 27.2 Å². The van der Waals surface area contributed by atoms with Gasteiger partial charge in [0.2, 0.25) is 0 Å². The quantitative estimate of drug-likeness (QED) is 0.873. The predicted octanol–water partition coefficient (Wildman–Crippen LogP) is 2.40. The van der Waals surface area contributed by atoms with Gasteiger partial charge in [-0.2, -0.15) is 5.10 Å². The number of halogens is 1. The smallest absolute Gasteiger partial charge is 0.251 e. The molecular weight excluding hydrogens is 262 g/mol. The summed E-state index contributed by atoms with van der Waals surface area (Å²) in [6.45, 7) is 2.40. The van der Waals surface area contributed by atoms with Crippen molar-refractivity contribution in [1.29, 1.82) is 0 Å². The Labute approximate surface area is 117 Å². The zero-order valence-electron chi connectivity index (χ0n) is 11.0. The van der Waals surface area contributed by atoms with Crippen LogP contribution in [0.5, 0.6) is 0 Å². The van der Waals surface area contributed by atoms with Gasteiger partial charge in [-0.15, -0.1) is 11.6 Å². The van der Waals surface area contributed by atoms with E-state index in [9.17, 15) is 4.79 Å². The van der Waals surface area contributed by atoms with Crippen molar-refractivity contribution in [3.05, 3.63) is 52.8 Å². The number of nitrogens with one attached hydrogen (secondary N) is 1. The SMILES string of the molecule is Cc1nn(C)cc1CNC(=O)c1cccc(CCl)c1. The number of amides is 1. The summed E-state index contributed by atoms with van der Waals surface area (Å²) >= 11 is 5.76. The van der Waals surface area contributed by atoms with E-state index in [1.807, 2.05) is 32.3 Å². The van der Waals surface area contributed by atoms with Crippen LogP contribution in [-0.2, 0) is 19.5 Å². The Morgan fingerprint density at radius 1 is 1.47 bits per heavy atom. The van der Waals surface area contributed by atoms with E-state index in [-0.39, 0.29) is 5.91 Å². The van der Waals surface area contributed by atoms with Crippen LogP contribution in [0.2, 0.25) is 0 Å². The Bertz CT molecular complexity index is 592. The minimum Gasteiger partial charge on any atom is -0.348 e. The lowest BCUT2D eigenvalue weighted by atomic mass is 10.1. The van der Waals surface area contributed by atoms with Gasteiger partial charge in [-0.3, -0.25) is 9.48 Å². The second kappa shape index (κ2) is 5.89. The van der Waals surface area contributed by atoms with Crippen molar-refractivity contribution in [2.45, 2.75) is 19.3 Å². The standard InChI is InChI=1S/C14H16ClN3O/c1-10-13(9-18(2)17-10)8-16-14(19)12-5-3-4-11(6-12)7-15/h3-6,9H,7-8H2,1-2H3,(H,16,19).